The third-order valence-electron chi connectivity index (χ3n) is 5.00. The van der Waals surface area contributed by atoms with Crippen LogP contribution in [0.15, 0.2) is 40.8 Å². The van der Waals surface area contributed by atoms with Crippen molar-refractivity contribution in [3.63, 3.8) is 0 Å². The van der Waals surface area contributed by atoms with Crippen molar-refractivity contribution in [2.45, 2.75) is 0 Å². The summed E-state index contributed by atoms with van der Waals surface area (Å²) in [6.45, 7) is 3.69. The molecule has 1 N–H and O–H groups in total. The number of benzene rings is 1. The van der Waals surface area contributed by atoms with Gasteiger partial charge in [-0.1, -0.05) is 12.1 Å². The lowest BCUT2D eigenvalue weighted by Crippen LogP contribution is -2.31. The Morgan fingerprint density at radius 3 is 2.58 bits per heavy atom. The van der Waals surface area contributed by atoms with Crippen LogP contribution >= 0.6 is 36.2 Å². The Kier molecular flexibility index (Phi) is 5.58. The Labute approximate surface area is 167 Å². The predicted molar refractivity (Wildman–Crippen MR) is 108 cm³/mol. The fraction of sp³-hybridized carbons (Fsp3) is 0.333. The van der Waals surface area contributed by atoms with Crippen molar-refractivity contribution in [3.8, 4) is 10.8 Å². The summed E-state index contributed by atoms with van der Waals surface area (Å²) in [7, 11) is 0. The van der Waals surface area contributed by atoms with Crippen molar-refractivity contribution in [3.05, 3.63) is 42.2 Å². The van der Waals surface area contributed by atoms with Gasteiger partial charge in [-0.2, -0.15) is 0 Å². The van der Waals surface area contributed by atoms with Crippen LogP contribution in [0, 0.1) is 11.8 Å². The number of hydrogen-bond donors (Lipinski definition) is 1. The Bertz CT molecular complexity index is 881. The van der Waals surface area contributed by atoms with E-state index < -0.39 is 0 Å². The summed E-state index contributed by atoms with van der Waals surface area (Å²) in [5.41, 5.74) is 0.960. The van der Waals surface area contributed by atoms with Gasteiger partial charge in [0.1, 0.15) is 0 Å². The van der Waals surface area contributed by atoms with E-state index in [1.807, 2.05) is 35.2 Å². The molecule has 2 aromatic heterocycles. The number of rotatable bonds is 2. The number of carbonyl (C=O) groups is 1. The normalized spacial score (nSPS) is 21.3. The summed E-state index contributed by atoms with van der Waals surface area (Å²) >= 11 is 1.58. The summed E-state index contributed by atoms with van der Waals surface area (Å²) < 4.78 is 6.96. The van der Waals surface area contributed by atoms with Crippen LogP contribution in [0.5, 0.6) is 0 Å². The predicted octanol–water partition coefficient (Wildman–Crippen LogP) is 3.69. The van der Waals surface area contributed by atoms with Crippen LogP contribution in [-0.2, 0) is 0 Å². The Morgan fingerprint density at radius 1 is 1.12 bits per heavy atom. The maximum atomic E-state index is 12.7. The van der Waals surface area contributed by atoms with Crippen molar-refractivity contribution in [1.82, 2.24) is 15.2 Å². The third kappa shape index (κ3) is 3.22. The zero-order chi connectivity index (χ0) is 16.1. The maximum Gasteiger partial charge on any atom is 0.289 e. The van der Waals surface area contributed by atoms with E-state index >= 15 is 0 Å². The van der Waals surface area contributed by atoms with Crippen LogP contribution in [0.25, 0.3) is 21.0 Å². The molecule has 5 nitrogen and oxygen atoms in total. The SMILES string of the molecule is Cl.Cl.O=C(c1ccc(-c2nc3ccccc3s2)o1)N1C[C@H]2CNC[C@H]2C1. The average molecular weight is 412 g/mol. The summed E-state index contributed by atoms with van der Waals surface area (Å²) in [6.07, 6.45) is 0. The monoisotopic (exact) mass is 411 g/mol. The first-order valence-electron chi connectivity index (χ1n) is 8.24. The van der Waals surface area contributed by atoms with Gasteiger partial charge in [0.2, 0.25) is 0 Å². The number of para-hydroxylation sites is 1. The first kappa shape index (κ1) is 19.2. The molecule has 0 radical (unpaired) electrons. The van der Waals surface area contributed by atoms with E-state index in [0.717, 1.165) is 41.4 Å². The summed E-state index contributed by atoms with van der Waals surface area (Å²) in [5, 5.41) is 4.21. The molecule has 4 heterocycles. The molecule has 2 saturated heterocycles. The molecule has 2 fully saturated rings. The topological polar surface area (TPSA) is 58.4 Å². The fourth-order valence-corrected chi connectivity index (χ4v) is 4.65. The van der Waals surface area contributed by atoms with Gasteiger partial charge in [-0.3, -0.25) is 4.79 Å². The highest BCUT2D eigenvalue weighted by atomic mass is 35.5. The number of hydrogen-bond acceptors (Lipinski definition) is 5. The molecule has 5 rings (SSSR count). The van der Waals surface area contributed by atoms with Crippen molar-refractivity contribution in [2.75, 3.05) is 26.2 Å². The van der Waals surface area contributed by atoms with Gasteiger partial charge in [0, 0.05) is 26.2 Å². The Balaban J connectivity index is 0.000000980. The second kappa shape index (κ2) is 7.56. The third-order valence-corrected chi connectivity index (χ3v) is 6.05. The van der Waals surface area contributed by atoms with Crippen molar-refractivity contribution in [2.24, 2.45) is 11.8 Å². The van der Waals surface area contributed by atoms with E-state index in [9.17, 15) is 4.79 Å². The molecule has 0 bridgehead atoms. The van der Waals surface area contributed by atoms with Crippen LogP contribution in [0.3, 0.4) is 0 Å². The summed E-state index contributed by atoms with van der Waals surface area (Å²) in [6, 6.07) is 11.6. The zero-order valence-corrected chi connectivity index (χ0v) is 16.3. The second-order valence-corrected chi connectivity index (χ2v) is 7.57. The number of halogens is 2. The maximum absolute atomic E-state index is 12.7. The molecule has 8 heteroatoms. The van der Waals surface area contributed by atoms with Gasteiger partial charge in [0.25, 0.3) is 5.91 Å². The molecule has 2 aliphatic rings. The molecule has 26 heavy (non-hydrogen) atoms. The average Bonchev–Trinajstić information content (AvgIpc) is 3.34. The van der Waals surface area contributed by atoms with E-state index in [-0.39, 0.29) is 30.7 Å². The number of nitrogens with zero attached hydrogens (tertiary/aromatic N) is 2. The minimum absolute atomic E-state index is 0. The highest BCUT2D eigenvalue weighted by molar-refractivity contribution is 7.21. The largest absolute Gasteiger partial charge is 0.448 e. The number of fused-ring (bicyclic) bond motifs is 2. The van der Waals surface area contributed by atoms with Crippen molar-refractivity contribution >= 4 is 52.3 Å². The van der Waals surface area contributed by atoms with Crippen LogP contribution in [0.4, 0.5) is 0 Å². The number of nitrogens with one attached hydrogen (secondary N) is 1. The van der Waals surface area contributed by atoms with E-state index in [2.05, 4.69) is 10.3 Å². The number of furan rings is 1. The standard InChI is InChI=1S/C18H17N3O2S.2ClH/c22-18(21-9-11-7-19-8-12(11)10-21)15-6-5-14(23-15)17-20-13-3-1-2-4-16(13)24-17;;/h1-6,11-12,19H,7-10H2;2*1H/t11-,12+;;. The molecule has 138 valence electrons. The van der Waals surface area contributed by atoms with E-state index in [1.54, 1.807) is 17.4 Å². The van der Waals surface area contributed by atoms with Gasteiger partial charge >= 0.3 is 0 Å². The van der Waals surface area contributed by atoms with E-state index in [4.69, 9.17) is 4.42 Å². The van der Waals surface area contributed by atoms with Gasteiger partial charge in [-0.15, -0.1) is 36.2 Å². The quantitative estimate of drug-likeness (QED) is 0.698. The first-order valence-corrected chi connectivity index (χ1v) is 9.05. The van der Waals surface area contributed by atoms with E-state index in [0.29, 0.717) is 23.4 Å². The van der Waals surface area contributed by atoms with Gasteiger partial charge in [-0.25, -0.2) is 4.98 Å². The first-order chi connectivity index (χ1) is 11.8. The second-order valence-electron chi connectivity index (χ2n) is 6.54. The minimum atomic E-state index is -0.00300. The Morgan fingerprint density at radius 2 is 1.85 bits per heavy atom. The number of likely N-dealkylation sites (tertiary alicyclic amines) is 1. The highest BCUT2D eigenvalue weighted by Crippen LogP contribution is 2.32. The van der Waals surface area contributed by atoms with Crippen LogP contribution < -0.4 is 5.32 Å². The molecule has 0 saturated carbocycles. The number of amides is 1. The zero-order valence-electron chi connectivity index (χ0n) is 13.9. The lowest BCUT2D eigenvalue weighted by Gasteiger charge is -2.15. The molecule has 0 spiro atoms. The number of thiazole rings is 1. The minimum Gasteiger partial charge on any atom is -0.448 e. The van der Waals surface area contributed by atoms with Gasteiger partial charge in [0.15, 0.2) is 16.5 Å². The fourth-order valence-electron chi connectivity index (χ4n) is 3.72. The molecule has 1 aromatic carbocycles. The van der Waals surface area contributed by atoms with Crippen molar-refractivity contribution < 1.29 is 9.21 Å². The van der Waals surface area contributed by atoms with Gasteiger partial charge < -0.3 is 14.6 Å². The lowest BCUT2D eigenvalue weighted by atomic mass is 10.0. The molecule has 0 unspecified atom stereocenters. The van der Waals surface area contributed by atoms with Gasteiger partial charge in [0.05, 0.1) is 10.2 Å². The molecule has 2 atom stereocenters. The van der Waals surface area contributed by atoms with Crippen LogP contribution in [0.2, 0.25) is 0 Å². The summed E-state index contributed by atoms with van der Waals surface area (Å²) in [5.74, 6) is 2.26. The van der Waals surface area contributed by atoms with Gasteiger partial charge in [-0.05, 0) is 36.1 Å². The van der Waals surface area contributed by atoms with Crippen molar-refractivity contribution in [1.29, 1.82) is 0 Å². The number of aromatic nitrogens is 1. The molecular weight excluding hydrogens is 393 g/mol. The molecule has 2 aliphatic heterocycles. The molecule has 3 aromatic rings. The smallest absolute Gasteiger partial charge is 0.289 e. The molecule has 0 aliphatic carbocycles. The molecule has 1 amide bonds. The highest BCUT2D eigenvalue weighted by Gasteiger charge is 2.39. The lowest BCUT2D eigenvalue weighted by molar-refractivity contribution is 0.0751. The summed E-state index contributed by atoms with van der Waals surface area (Å²) in [4.78, 5) is 19.2. The van der Waals surface area contributed by atoms with E-state index in [1.165, 1.54) is 0 Å². The molecular formula is C18H19Cl2N3O2S. The number of carbonyl (C=O) groups excluding carboxylic acids is 1. The van der Waals surface area contributed by atoms with Crippen LogP contribution in [-0.4, -0.2) is 42.0 Å². The van der Waals surface area contributed by atoms with Crippen LogP contribution in [0.1, 0.15) is 10.6 Å². The Hall–Kier alpha value is -1.60.